The standard InChI is InChI=1S/C17H21N3O5S/c1-11-6-7-14(24-3)15(9-11)26(22,23)20-8-4-5-13(20)17(21)18-16-10-12(2)25-19-16/h6-7,9-10,13H,4-5,8H2,1-3H3,(H,18,19,21)/t13-/m0/s1. The topological polar surface area (TPSA) is 102 Å². The Hall–Kier alpha value is -2.39. The van der Waals surface area contributed by atoms with Gasteiger partial charge < -0.3 is 14.6 Å². The van der Waals surface area contributed by atoms with E-state index in [4.69, 9.17) is 9.26 Å². The van der Waals surface area contributed by atoms with Crippen molar-refractivity contribution >= 4 is 21.7 Å². The van der Waals surface area contributed by atoms with E-state index in [-0.39, 0.29) is 23.0 Å². The number of sulfonamides is 1. The number of anilines is 1. The summed E-state index contributed by atoms with van der Waals surface area (Å²) in [6.45, 7) is 3.79. The summed E-state index contributed by atoms with van der Waals surface area (Å²) in [6.07, 6.45) is 1.04. The minimum Gasteiger partial charge on any atom is -0.495 e. The minimum atomic E-state index is -3.88. The summed E-state index contributed by atoms with van der Waals surface area (Å²) in [6, 6.07) is 5.73. The molecule has 1 atom stereocenters. The number of hydrogen-bond acceptors (Lipinski definition) is 6. The van der Waals surface area contributed by atoms with Gasteiger partial charge in [-0.15, -0.1) is 0 Å². The first-order valence-electron chi connectivity index (χ1n) is 8.23. The number of nitrogens with zero attached hydrogens (tertiary/aromatic N) is 2. The molecule has 0 bridgehead atoms. The van der Waals surface area contributed by atoms with Crippen molar-refractivity contribution in [3.8, 4) is 5.75 Å². The second-order valence-corrected chi connectivity index (χ2v) is 8.10. The van der Waals surface area contributed by atoms with E-state index in [1.54, 1.807) is 38.1 Å². The molecule has 0 unspecified atom stereocenters. The van der Waals surface area contributed by atoms with Crippen LogP contribution in [0.3, 0.4) is 0 Å². The first kappa shape index (κ1) is 18.4. The highest BCUT2D eigenvalue weighted by atomic mass is 32.2. The van der Waals surface area contributed by atoms with Crippen LogP contribution in [0.2, 0.25) is 0 Å². The Bertz CT molecular complexity index is 922. The Morgan fingerprint density at radius 2 is 2.12 bits per heavy atom. The largest absolute Gasteiger partial charge is 0.495 e. The van der Waals surface area contributed by atoms with Gasteiger partial charge in [0.05, 0.1) is 7.11 Å². The van der Waals surface area contributed by atoms with E-state index in [0.717, 1.165) is 5.56 Å². The van der Waals surface area contributed by atoms with Gasteiger partial charge in [-0.2, -0.15) is 4.31 Å². The van der Waals surface area contributed by atoms with Crippen LogP contribution in [0.4, 0.5) is 5.82 Å². The van der Waals surface area contributed by atoms with Crippen molar-refractivity contribution in [1.82, 2.24) is 9.46 Å². The lowest BCUT2D eigenvalue weighted by Gasteiger charge is -2.24. The Balaban J connectivity index is 1.89. The first-order chi connectivity index (χ1) is 12.3. The molecule has 8 nitrogen and oxygen atoms in total. The fourth-order valence-corrected chi connectivity index (χ4v) is 4.94. The zero-order valence-corrected chi connectivity index (χ0v) is 15.7. The lowest BCUT2D eigenvalue weighted by atomic mass is 10.2. The van der Waals surface area contributed by atoms with E-state index in [9.17, 15) is 13.2 Å². The van der Waals surface area contributed by atoms with Gasteiger partial charge in [-0.1, -0.05) is 11.2 Å². The van der Waals surface area contributed by atoms with Crippen molar-refractivity contribution in [2.24, 2.45) is 0 Å². The first-order valence-corrected chi connectivity index (χ1v) is 9.67. The van der Waals surface area contributed by atoms with Gasteiger partial charge in [-0.3, -0.25) is 4.79 Å². The maximum absolute atomic E-state index is 13.2. The van der Waals surface area contributed by atoms with Crippen molar-refractivity contribution in [1.29, 1.82) is 0 Å². The zero-order valence-electron chi connectivity index (χ0n) is 14.9. The molecule has 0 radical (unpaired) electrons. The number of ether oxygens (including phenoxy) is 1. The molecule has 3 rings (SSSR count). The van der Waals surface area contributed by atoms with Crippen LogP contribution in [0.5, 0.6) is 5.75 Å². The molecule has 1 fully saturated rings. The summed E-state index contributed by atoms with van der Waals surface area (Å²) in [5.74, 6) is 0.658. The van der Waals surface area contributed by atoms with Gasteiger partial charge in [0, 0.05) is 12.6 Å². The van der Waals surface area contributed by atoms with Crippen LogP contribution in [-0.4, -0.2) is 43.5 Å². The molecule has 2 heterocycles. The SMILES string of the molecule is COc1ccc(C)cc1S(=O)(=O)N1CCC[C@H]1C(=O)Nc1cc(C)on1. The van der Waals surface area contributed by atoms with Crippen molar-refractivity contribution in [3.63, 3.8) is 0 Å². The highest BCUT2D eigenvalue weighted by Crippen LogP contribution is 2.32. The molecule has 0 saturated carbocycles. The van der Waals surface area contributed by atoms with E-state index in [2.05, 4.69) is 10.5 Å². The summed E-state index contributed by atoms with van der Waals surface area (Å²) >= 11 is 0. The van der Waals surface area contributed by atoms with E-state index < -0.39 is 22.0 Å². The van der Waals surface area contributed by atoms with Gasteiger partial charge >= 0.3 is 0 Å². The molecule has 2 aromatic rings. The summed E-state index contributed by atoms with van der Waals surface area (Å²) in [5.41, 5.74) is 0.794. The number of aryl methyl sites for hydroxylation is 2. The number of hydrogen-bond donors (Lipinski definition) is 1. The predicted molar refractivity (Wildman–Crippen MR) is 94.5 cm³/mol. The van der Waals surface area contributed by atoms with Crippen molar-refractivity contribution in [2.75, 3.05) is 19.0 Å². The van der Waals surface area contributed by atoms with Crippen molar-refractivity contribution < 1.29 is 22.5 Å². The Kier molecular flexibility index (Phi) is 5.01. The van der Waals surface area contributed by atoms with Crippen LogP contribution in [0.15, 0.2) is 33.7 Å². The van der Waals surface area contributed by atoms with Crippen LogP contribution >= 0.6 is 0 Å². The summed E-state index contributed by atoms with van der Waals surface area (Å²) in [5, 5.41) is 6.33. The quantitative estimate of drug-likeness (QED) is 0.853. The number of carbonyl (C=O) groups is 1. The molecular formula is C17H21N3O5S. The van der Waals surface area contributed by atoms with Crippen molar-refractivity contribution in [2.45, 2.75) is 37.6 Å². The molecule has 1 aliphatic rings. The van der Waals surface area contributed by atoms with E-state index in [1.807, 2.05) is 0 Å². The normalized spacial score (nSPS) is 18.0. The van der Waals surface area contributed by atoms with Gasteiger partial charge in [-0.25, -0.2) is 8.42 Å². The van der Waals surface area contributed by atoms with Crippen LogP contribution in [0.1, 0.15) is 24.2 Å². The molecule has 1 saturated heterocycles. The molecule has 0 spiro atoms. The molecule has 1 N–H and O–H groups in total. The smallest absolute Gasteiger partial charge is 0.247 e. The van der Waals surface area contributed by atoms with Gasteiger partial charge in [0.2, 0.25) is 15.9 Å². The van der Waals surface area contributed by atoms with Crippen LogP contribution in [0, 0.1) is 13.8 Å². The lowest BCUT2D eigenvalue weighted by Crippen LogP contribution is -2.43. The molecular weight excluding hydrogens is 358 g/mol. The summed E-state index contributed by atoms with van der Waals surface area (Å²) in [4.78, 5) is 12.7. The third-order valence-electron chi connectivity index (χ3n) is 4.29. The molecule has 1 aromatic carbocycles. The average molecular weight is 379 g/mol. The Morgan fingerprint density at radius 1 is 1.35 bits per heavy atom. The monoisotopic (exact) mass is 379 g/mol. The fourth-order valence-electron chi connectivity index (χ4n) is 3.04. The second-order valence-electron chi connectivity index (χ2n) is 6.24. The average Bonchev–Trinajstić information content (AvgIpc) is 3.24. The highest BCUT2D eigenvalue weighted by Gasteiger charge is 2.40. The third-order valence-corrected chi connectivity index (χ3v) is 6.22. The van der Waals surface area contributed by atoms with Crippen LogP contribution < -0.4 is 10.1 Å². The lowest BCUT2D eigenvalue weighted by molar-refractivity contribution is -0.119. The number of carbonyl (C=O) groups excluding carboxylic acids is 1. The third kappa shape index (κ3) is 3.45. The number of rotatable bonds is 5. The van der Waals surface area contributed by atoms with E-state index in [1.165, 1.54) is 11.4 Å². The molecule has 9 heteroatoms. The van der Waals surface area contributed by atoms with Gasteiger partial charge in [0.1, 0.15) is 22.4 Å². The zero-order chi connectivity index (χ0) is 18.9. The number of benzene rings is 1. The highest BCUT2D eigenvalue weighted by molar-refractivity contribution is 7.89. The molecule has 140 valence electrons. The van der Waals surface area contributed by atoms with Gasteiger partial charge in [0.25, 0.3) is 0 Å². The predicted octanol–water partition coefficient (Wildman–Crippen LogP) is 2.09. The Labute approximate surface area is 152 Å². The summed E-state index contributed by atoms with van der Waals surface area (Å²) < 4.78 is 37.7. The minimum absolute atomic E-state index is 0.0666. The van der Waals surface area contributed by atoms with Gasteiger partial charge in [-0.05, 0) is 44.4 Å². The number of amides is 1. The van der Waals surface area contributed by atoms with Crippen LogP contribution in [-0.2, 0) is 14.8 Å². The Morgan fingerprint density at radius 3 is 2.77 bits per heavy atom. The number of aromatic nitrogens is 1. The maximum Gasteiger partial charge on any atom is 0.247 e. The van der Waals surface area contributed by atoms with Crippen molar-refractivity contribution in [3.05, 3.63) is 35.6 Å². The molecule has 1 aromatic heterocycles. The number of methoxy groups -OCH3 is 1. The van der Waals surface area contributed by atoms with Crippen LogP contribution in [0.25, 0.3) is 0 Å². The number of nitrogens with one attached hydrogen (secondary N) is 1. The summed E-state index contributed by atoms with van der Waals surface area (Å²) in [7, 11) is -2.46. The molecule has 26 heavy (non-hydrogen) atoms. The second kappa shape index (κ2) is 7.08. The van der Waals surface area contributed by atoms with Gasteiger partial charge in [0.15, 0.2) is 5.82 Å². The maximum atomic E-state index is 13.2. The molecule has 1 aliphatic heterocycles. The van der Waals surface area contributed by atoms with E-state index >= 15 is 0 Å². The van der Waals surface area contributed by atoms with E-state index in [0.29, 0.717) is 18.6 Å². The molecule has 1 amide bonds. The fraction of sp³-hybridized carbons (Fsp3) is 0.412. The molecule has 0 aliphatic carbocycles.